The lowest BCUT2D eigenvalue weighted by molar-refractivity contribution is -0.115. The Morgan fingerprint density at radius 3 is 2.09 bits per heavy atom. The molecule has 35 heavy (non-hydrogen) atoms. The van der Waals surface area contributed by atoms with Crippen molar-refractivity contribution in [3.63, 3.8) is 0 Å². The first-order valence-corrected chi connectivity index (χ1v) is 13.1. The number of ether oxygens (including phenoxy) is 1. The number of hydrogen-bond acceptors (Lipinski definition) is 4. The number of amides is 1. The number of carbonyl (C=O) groups excluding carboxylic acids is 1. The zero-order valence-corrected chi connectivity index (χ0v) is 20.8. The van der Waals surface area contributed by atoms with Gasteiger partial charge in [-0.25, -0.2) is 17.2 Å². The summed E-state index contributed by atoms with van der Waals surface area (Å²) >= 11 is 0. The van der Waals surface area contributed by atoms with Gasteiger partial charge in [0.15, 0.2) is 9.84 Å². The van der Waals surface area contributed by atoms with Gasteiger partial charge in [-0.15, -0.1) is 0 Å². The molecule has 3 rings (SSSR count). The molecule has 0 radical (unpaired) electrons. The van der Waals surface area contributed by atoms with Crippen molar-refractivity contribution in [2.45, 2.75) is 50.5 Å². The highest BCUT2D eigenvalue weighted by Crippen LogP contribution is 2.36. The summed E-state index contributed by atoms with van der Waals surface area (Å²) in [5.74, 6) is -1.05. The predicted molar refractivity (Wildman–Crippen MR) is 132 cm³/mol. The minimum absolute atomic E-state index is 0.0169. The van der Waals surface area contributed by atoms with E-state index in [0.717, 1.165) is 6.07 Å². The second-order valence-electron chi connectivity index (χ2n) is 8.22. The summed E-state index contributed by atoms with van der Waals surface area (Å²) in [4.78, 5) is 12.7. The molecule has 1 N–H and O–H groups in total. The number of halogens is 2. The van der Waals surface area contributed by atoms with Crippen LogP contribution in [-0.4, -0.2) is 20.1 Å². The lowest BCUT2D eigenvalue weighted by Gasteiger charge is -2.33. The minimum atomic E-state index is -3.29. The van der Waals surface area contributed by atoms with Crippen molar-refractivity contribution < 1.29 is 26.7 Å². The van der Waals surface area contributed by atoms with Crippen LogP contribution in [0.2, 0.25) is 0 Å². The number of anilines is 1. The Hall–Kier alpha value is -3.26. The molecule has 1 amide bonds. The minimum Gasteiger partial charge on any atom is -0.482 e. The van der Waals surface area contributed by atoms with Crippen molar-refractivity contribution in [1.29, 1.82) is 0 Å². The van der Waals surface area contributed by atoms with Crippen LogP contribution in [0, 0.1) is 11.6 Å². The number of sulfone groups is 1. The number of carbonyl (C=O) groups is 1. The van der Waals surface area contributed by atoms with Crippen molar-refractivity contribution in [1.82, 2.24) is 0 Å². The third kappa shape index (κ3) is 6.25. The Bertz CT molecular complexity index is 1270. The summed E-state index contributed by atoms with van der Waals surface area (Å²) in [6.07, 6.45) is 1.04. The van der Waals surface area contributed by atoms with Crippen molar-refractivity contribution in [2.24, 2.45) is 0 Å². The maximum Gasteiger partial charge on any atom is 0.228 e. The molecule has 8 heteroatoms. The Morgan fingerprint density at radius 2 is 1.54 bits per heavy atom. The first-order chi connectivity index (χ1) is 16.6. The fourth-order valence-electron chi connectivity index (χ4n) is 3.89. The van der Waals surface area contributed by atoms with Gasteiger partial charge in [0.2, 0.25) is 5.91 Å². The number of benzene rings is 3. The maximum atomic E-state index is 14.5. The lowest BCUT2D eigenvalue weighted by atomic mass is 9.87. The highest BCUT2D eigenvalue weighted by Gasteiger charge is 2.33. The van der Waals surface area contributed by atoms with Gasteiger partial charge in [-0.05, 0) is 66.9 Å². The van der Waals surface area contributed by atoms with E-state index in [2.05, 4.69) is 5.32 Å². The van der Waals surface area contributed by atoms with Crippen LogP contribution in [0.25, 0.3) is 0 Å². The van der Waals surface area contributed by atoms with Crippen LogP contribution in [0.15, 0.2) is 71.6 Å². The number of nitrogens with one attached hydrogen (secondary N) is 1. The molecular formula is C27H29F2NO4S. The predicted octanol–water partition coefficient (Wildman–Crippen LogP) is 6.03. The van der Waals surface area contributed by atoms with E-state index < -0.39 is 27.1 Å². The maximum absolute atomic E-state index is 14.5. The summed E-state index contributed by atoms with van der Waals surface area (Å²) in [5.41, 5.74) is 0.576. The average molecular weight is 502 g/mol. The summed E-state index contributed by atoms with van der Waals surface area (Å²) < 4.78 is 57.9. The molecule has 0 bridgehead atoms. The second kappa shape index (κ2) is 11.0. The van der Waals surface area contributed by atoms with Gasteiger partial charge >= 0.3 is 0 Å². The third-order valence-electron chi connectivity index (χ3n) is 6.04. The van der Waals surface area contributed by atoms with E-state index in [1.165, 1.54) is 24.3 Å². The van der Waals surface area contributed by atoms with Crippen LogP contribution >= 0.6 is 0 Å². The first kappa shape index (κ1) is 26.3. The molecule has 0 spiro atoms. The van der Waals surface area contributed by atoms with Crippen LogP contribution in [0.1, 0.15) is 44.7 Å². The normalized spacial score (nSPS) is 11.8. The van der Waals surface area contributed by atoms with Gasteiger partial charge in [-0.3, -0.25) is 4.79 Å². The molecule has 186 valence electrons. The summed E-state index contributed by atoms with van der Waals surface area (Å²) in [5, 5.41) is 2.80. The van der Waals surface area contributed by atoms with Gasteiger partial charge < -0.3 is 10.1 Å². The molecule has 0 unspecified atom stereocenters. The number of hydrogen-bond donors (Lipinski definition) is 1. The zero-order chi connectivity index (χ0) is 25.6. The largest absolute Gasteiger partial charge is 0.482 e. The molecule has 0 aliphatic heterocycles. The zero-order valence-electron chi connectivity index (χ0n) is 20.0. The van der Waals surface area contributed by atoms with Gasteiger partial charge in [0.05, 0.1) is 17.1 Å². The first-order valence-electron chi connectivity index (χ1n) is 11.5. The molecule has 0 saturated carbocycles. The standard InChI is InChI=1S/C27H29F2NO4S/c1-4-27(5-2,24-16-9-20(28)18-25(24)29)34-22-12-10-21(11-13-22)30-26(31)17-19-7-14-23(15-8-19)35(32,33)6-3/h7-16,18H,4-6,17H2,1-3H3,(H,30,31). The summed E-state index contributed by atoms with van der Waals surface area (Å²) in [6, 6.07) is 16.5. The van der Waals surface area contributed by atoms with E-state index in [0.29, 0.717) is 35.4 Å². The SMILES string of the molecule is CCC(CC)(Oc1ccc(NC(=O)Cc2ccc(S(=O)(=O)CC)cc2)cc1)c1ccc(F)cc1F. The van der Waals surface area contributed by atoms with E-state index in [-0.39, 0.29) is 23.0 Å². The van der Waals surface area contributed by atoms with Crippen molar-refractivity contribution in [3.05, 3.63) is 89.5 Å². The molecular weight excluding hydrogens is 472 g/mol. The smallest absolute Gasteiger partial charge is 0.228 e. The lowest BCUT2D eigenvalue weighted by Crippen LogP contribution is -2.33. The molecule has 0 fully saturated rings. The fourth-order valence-corrected chi connectivity index (χ4v) is 4.78. The molecule has 3 aromatic carbocycles. The van der Waals surface area contributed by atoms with E-state index >= 15 is 0 Å². The molecule has 0 atom stereocenters. The summed E-state index contributed by atoms with van der Waals surface area (Å²) in [7, 11) is -3.29. The molecule has 3 aromatic rings. The monoisotopic (exact) mass is 501 g/mol. The van der Waals surface area contributed by atoms with Crippen LogP contribution < -0.4 is 10.1 Å². The Morgan fingerprint density at radius 1 is 0.914 bits per heavy atom. The average Bonchev–Trinajstić information content (AvgIpc) is 2.84. The molecule has 0 heterocycles. The molecule has 0 aliphatic rings. The Kier molecular flexibility index (Phi) is 8.27. The molecule has 0 aliphatic carbocycles. The van der Waals surface area contributed by atoms with E-state index in [1.807, 2.05) is 13.8 Å². The van der Waals surface area contributed by atoms with Gasteiger partial charge in [-0.1, -0.05) is 32.9 Å². The van der Waals surface area contributed by atoms with E-state index in [1.54, 1.807) is 43.3 Å². The molecule has 0 saturated heterocycles. The molecule has 0 aromatic heterocycles. The van der Waals surface area contributed by atoms with Gasteiger partial charge in [0.25, 0.3) is 0 Å². The summed E-state index contributed by atoms with van der Waals surface area (Å²) in [6.45, 7) is 5.34. The third-order valence-corrected chi connectivity index (χ3v) is 7.79. The van der Waals surface area contributed by atoms with E-state index in [9.17, 15) is 22.0 Å². The highest BCUT2D eigenvalue weighted by molar-refractivity contribution is 7.91. The van der Waals surface area contributed by atoms with Crippen molar-refractivity contribution in [2.75, 3.05) is 11.1 Å². The van der Waals surface area contributed by atoms with Crippen LogP contribution in [0.4, 0.5) is 14.5 Å². The van der Waals surface area contributed by atoms with Crippen LogP contribution in [-0.2, 0) is 26.7 Å². The van der Waals surface area contributed by atoms with Gasteiger partial charge in [0, 0.05) is 17.3 Å². The van der Waals surface area contributed by atoms with Gasteiger partial charge in [-0.2, -0.15) is 0 Å². The Labute approximate surface area is 205 Å². The second-order valence-corrected chi connectivity index (χ2v) is 10.5. The van der Waals surface area contributed by atoms with Crippen molar-refractivity contribution in [3.8, 4) is 5.75 Å². The van der Waals surface area contributed by atoms with E-state index in [4.69, 9.17) is 4.74 Å². The van der Waals surface area contributed by atoms with Crippen molar-refractivity contribution >= 4 is 21.4 Å². The number of rotatable bonds is 10. The molecule has 5 nitrogen and oxygen atoms in total. The van der Waals surface area contributed by atoms with Gasteiger partial charge in [0.1, 0.15) is 23.0 Å². The highest BCUT2D eigenvalue weighted by atomic mass is 32.2. The quantitative estimate of drug-likeness (QED) is 0.368. The van der Waals surface area contributed by atoms with Crippen LogP contribution in [0.5, 0.6) is 5.75 Å². The van der Waals surface area contributed by atoms with Crippen LogP contribution in [0.3, 0.4) is 0 Å². The topological polar surface area (TPSA) is 72.5 Å². The fraction of sp³-hybridized carbons (Fsp3) is 0.296. The Balaban J connectivity index is 1.67.